The van der Waals surface area contributed by atoms with E-state index in [9.17, 15) is 5.11 Å². The second-order valence-corrected chi connectivity index (χ2v) is 5.67. The molecule has 0 aliphatic heterocycles. The summed E-state index contributed by atoms with van der Waals surface area (Å²) in [5.74, 6) is -0.843. The van der Waals surface area contributed by atoms with Gasteiger partial charge in [-0.3, -0.25) is 5.32 Å². The van der Waals surface area contributed by atoms with E-state index >= 15 is 0 Å². The molecule has 0 spiro atoms. The summed E-state index contributed by atoms with van der Waals surface area (Å²) >= 11 is 0. The van der Waals surface area contributed by atoms with Gasteiger partial charge in [-0.05, 0) is 25.3 Å². The molecule has 0 bridgehead atoms. The number of nitrogens with one attached hydrogen (secondary N) is 1. The van der Waals surface area contributed by atoms with Crippen LogP contribution in [-0.4, -0.2) is 29.8 Å². The lowest BCUT2D eigenvalue weighted by Crippen LogP contribution is -2.64. The molecule has 1 atom stereocenters. The Balaban J connectivity index is 1.91. The molecule has 1 aliphatic carbocycles. The predicted octanol–water partition coefficient (Wildman–Crippen LogP) is 2.03. The fraction of sp³-hybridized carbons (Fsp3) is 0.600. The van der Waals surface area contributed by atoms with Crippen molar-refractivity contribution in [1.82, 2.24) is 5.32 Å². The molecule has 0 heterocycles. The van der Waals surface area contributed by atoms with Crippen LogP contribution in [0.15, 0.2) is 30.3 Å². The lowest BCUT2D eigenvalue weighted by Gasteiger charge is -2.48. The van der Waals surface area contributed by atoms with E-state index in [1.165, 1.54) is 0 Å². The molecule has 1 aromatic rings. The van der Waals surface area contributed by atoms with Gasteiger partial charge in [-0.15, -0.1) is 0 Å². The second kappa shape index (κ2) is 5.59. The van der Waals surface area contributed by atoms with Gasteiger partial charge in [0.2, 0.25) is 5.91 Å². The Morgan fingerprint density at radius 2 is 2.00 bits per heavy atom. The predicted molar refractivity (Wildman–Crippen MR) is 73.4 cm³/mol. The van der Waals surface area contributed by atoms with E-state index in [-0.39, 0.29) is 11.6 Å². The van der Waals surface area contributed by atoms with Gasteiger partial charge in [0.25, 0.3) is 0 Å². The molecule has 0 amide bonds. The quantitative estimate of drug-likeness (QED) is 0.773. The minimum Gasteiger partial charge on any atom is -0.393 e. The fourth-order valence-corrected chi connectivity index (χ4v) is 2.57. The maximum absolute atomic E-state index is 9.44. The number of hydrogen-bond donors (Lipinski definition) is 2. The molecule has 106 valence electrons. The van der Waals surface area contributed by atoms with Gasteiger partial charge in [-0.1, -0.05) is 30.3 Å². The summed E-state index contributed by atoms with van der Waals surface area (Å²) in [7, 11) is 1.62. The number of ether oxygens (including phenoxy) is 2. The van der Waals surface area contributed by atoms with Crippen LogP contribution in [0.1, 0.15) is 32.3 Å². The van der Waals surface area contributed by atoms with Gasteiger partial charge in [0.15, 0.2) is 0 Å². The number of methoxy groups -OCH3 is 1. The van der Waals surface area contributed by atoms with E-state index < -0.39 is 5.91 Å². The molecule has 0 saturated heterocycles. The van der Waals surface area contributed by atoms with Crippen LogP contribution in [0, 0.1) is 0 Å². The molecular formula is C15H23NO3. The van der Waals surface area contributed by atoms with Crippen LogP contribution in [0.2, 0.25) is 0 Å². The summed E-state index contributed by atoms with van der Waals surface area (Å²) in [4.78, 5) is 0. The molecule has 0 radical (unpaired) electrons. The zero-order valence-corrected chi connectivity index (χ0v) is 11.8. The van der Waals surface area contributed by atoms with Gasteiger partial charge in [-0.2, -0.15) is 0 Å². The van der Waals surface area contributed by atoms with Gasteiger partial charge in [-0.25, -0.2) is 0 Å². The van der Waals surface area contributed by atoms with Gasteiger partial charge in [0, 0.05) is 19.6 Å². The average Bonchev–Trinajstić information content (AvgIpc) is 2.36. The standard InChI is InChI=1S/C15H23NO3/c1-14(9-13(17)10-14)16-15(2,18-3)19-11-12-7-5-4-6-8-12/h4-8,13,16-17H,9-11H2,1-3H3. The van der Waals surface area contributed by atoms with Gasteiger partial charge >= 0.3 is 0 Å². The van der Waals surface area contributed by atoms with Crippen LogP contribution in [0.4, 0.5) is 0 Å². The SMILES string of the molecule is COC(C)(NC1(C)CC(O)C1)OCc1ccccc1. The highest BCUT2D eigenvalue weighted by Gasteiger charge is 2.44. The van der Waals surface area contributed by atoms with Crippen LogP contribution in [0.5, 0.6) is 0 Å². The molecular weight excluding hydrogens is 242 g/mol. The molecule has 1 fully saturated rings. The van der Waals surface area contributed by atoms with Crippen molar-refractivity contribution < 1.29 is 14.6 Å². The third-order valence-electron chi connectivity index (χ3n) is 3.65. The average molecular weight is 265 g/mol. The largest absolute Gasteiger partial charge is 0.393 e. The van der Waals surface area contributed by atoms with Crippen LogP contribution in [0.3, 0.4) is 0 Å². The minimum absolute atomic E-state index is 0.124. The molecule has 19 heavy (non-hydrogen) atoms. The molecule has 1 aliphatic rings. The second-order valence-electron chi connectivity index (χ2n) is 5.67. The van der Waals surface area contributed by atoms with Crippen molar-refractivity contribution in [3.63, 3.8) is 0 Å². The summed E-state index contributed by atoms with van der Waals surface area (Å²) < 4.78 is 11.3. The topological polar surface area (TPSA) is 50.7 Å². The molecule has 1 unspecified atom stereocenters. The van der Waals surface area contributed by atoms with E-state index in [1.54, 1.807) is 7.11 Å². The maximum Gasteiger partial charge on any atom is 0.224 e. The Labute approximate surface area is 114 Å². The Kier molecular flexibility index (Phi) is 4.26. The third kappa shape index (κ3) is 3.76. The monoisotopic (exact) mass is 265 g/mol. The highest BCUT2D eigenvalue weighted by atomic mass is 16.7. The van der Waals surface area contributed by atoms with Crippen molar-refractivity contribution >= 4 is 0 Å². The van der Waals surface area contributed by atoms with Crippen molar-refractivity contribution in [2.45, 2.75) is 50.8 Å². The first-order valence-corrected chi connectivity index (χ1v) is 6.65. The molecule has 4 heteroatoms. The van der Waals surface area contributed by atoms with Gasteiger partial charge < -0.3 is 14.6 Å². The van der Waals surface area contributed by atoms with Gasteiger partial charge in [0.05, 0.1) is 12.7 Å². The van der Waals surface area contributed by atoms with E-state index in [2.05, 4.69) is 12.2 Å². The van der Waals surface area contributed by atoms with E-state index in [0.717, 1.165) is 18.4 Å². The number of benzene rings is 1. The third-order valence-corrected chi connectivity index (χ3v) is 3.65. The number of hydrogen-bond acceptors (Lipinski definition) is 4. The Bertz CT molecular complexity index is 403. The van der Waals surface area contributed by atoms with Crippen molar-refractivity contribution in [2.24, 2.45) is 0 Å². The normalized spacial score (nSPS) is 29.6. The highest BCUT2D eigenvalue weighted by molar-refractivity contribution is 5.13. The van der Waals surface area contributed by atoms with Crippen molar-refractivity contribution in [3.05, 3.63) is 35.9 Å². The van der Waals surface area contributed by atoms with E-state index in [1.807, 2.05) is 37.3 Å². The lowest BCUT2D eigenvalue weighted by atomic mass is 9.76. The molecule has 1 saturated carbocycles. The smallest absolute Gasteiger partial charge is 0.224 e. The van der Waals surface area contributed by atoms with Crippen molar-refractivity contribution in [3.8, 4) is 0 Å². The lowest BCUT2D eigenvalue weighted by molar-refractivity contribution is -0.256. The van der Waals surface area contributed by atoms with Crippen molar-refractivity contribution in [2.75, 3.05) is 7.11 Å². The van der Waals surface area contributed by atoms with Crippen LogP contribution < -0.4 is 5.32 Å². The Morgan fingerprint density at radius 1 is 1.37 bits per heavy atom. The first-order chi connectivity index (χ1) is 8.95. The summed E-state index contributed by atoms with van der Waals surface area (Å²) in [6.07, 6.45) is 1.23. The summed E-state index contributed by atoms with van der Waals surface area (Å²) in [5, 5.41) is 12.8. The van der Waals surface area contributed by atoms with Gasteiger partial charge in [0.1, 0.15) is 0 Å². The molecule has 2 N–H and O–H groups in total. The highest BCUT2D eigenvalue weighted by Crippen LogP contribution is 2.34. The Morgan fingerprint density at radius 3 is 2.53 bits per heavy atom. The molecule has 2 rings (SSSR count). The maximum atomic E-state index is 9.44. The van der Waals surface area contributed by atoms with Crippen molar-refractivity contribution in [1.29, 1.82) is 0 Å². The molecule has 1 aromatic carbocycles. The number of aliphatic hydroxyl groups is 1. The summed E-state index contributed by atoms with van der Waals surface area (Å²) in [5.41, 5.74) is 0.979. The van der Waals surface area contributed by atoms with Crippen LogP contribution in [0.25, 0.3) is 0 Å². The number of rotatable bonds is 6. The van der Waals surface area contributed by atoms with E-state index in [0.29, 0.717) is 6.61 Å². The minimum atomic E-state index is -0.843. The van der Waals surface area contributed by atoms with Crippen LogP contribution in [-0.2, 0) is 16.1 Å². The first kappa shape index (κ1) is 14.5. The number of aliphatic hydroxyl groups excluding tert-OH is 1. The first-order valence-electron chi connectivity index (χ1n) is 6.65. The Hall–Kier alpha value is -0.940. The fourth-order valence-electron chi connectivity index (χ4n) is 2.57. The molecule has 0 aromatic heterocycles. The zero-order chi connectivity index (χ0) is 13.9. The summed E-state index contributed by atoms with van der Waals surface area (Å²) in [6.45, 7) is 4.42. The molecule has 4 nitrogen and oxygen atoms in total. The summed E-state index contributed by atoms with van der Waals surface area (Å²) in [6, 6.07) is 9.99. The zero-order valence-electron chi connectivity index (χ0n) is 11.8. The van der Waals surface area contributed by atoms with Crippen LogP contribution >= 0.6 is 0 Å². The van der Waals surface area contributed by atoms with E-state index in [4.69, 9.17) is 9.47 Å².